The van der Waals surface area contributed by atoms with Crippen molar-refractivity contribution in [3.8, 4) is 0 Å². The van der Waals surface area contributed by atoms with Gasteiger partial charge in [0.2, 0.25) is 5.91 Å². The number of morpholine rings is 1. The first kappa shape index (κ1) is 25.5. The van der Waals surface area contributed by atoms with Gasteiger partial charge in [0.25, 0.3) is 5.91 Å². The van der Waals surface area contributed by atoms with Crippen molar-refractivity contribution in [2.45, 2.75) is 38.3 Å². The molecule has 0 bridgehead atoms. The molecule has 3 unspecified atom stereocenters. The van der Waals surface area contributed by atoms with Crippen LogP contribution in [0.1, 0.15) is 41.6 Å². The molecule has 1 aromatic carbocycles. The number of hydrogen-bond donors (Lipinski definition) is 2. The van der Waals surface area contributed by atoms with Gasteiger partial charge in [-0.2, -0.15) is 0 Å². The number of carbonyl (C=O) groups excluding carboxylic acids is 3. The van der Waals surface area contributed by atoms with E-state index in [0.29, 0.717) is 43.0 Å². The van der Waals surface area contributed by atoms with Crippen molar-refractivity contribution in [2.24, 2.45) is 11.8 Å². The number of ether oxygens (including phenoxy) is 2. The Hall–Kier alpha value is -2.56. The van der Waals surface area contributed by atoms with Crippen molar-refractivity contribution in [1.82, 2.24) is 20.4 Å². The standard InChI is InChI=1S/C25H34N4O5S/c1-33-24(32)19-7-8-20-21(15-19)27-25(35)29(23(20)31)16-17-3-5-18(6-4-17)22(30)26-9-2-10-28-11-13-34-14-12-28/h3-6,19-21H,2,7-16H2,1H3,(H,26,30)(H,27,35). The van der Waals surface area contributed by atoms with Gasteiger partial charge in [-0.1, -0.05) is 12.1 Å². The highest BCUT2D eigenvalue weighted by Crippen LogP contribution is 2.34. The lowest BCUT2D eigenvalue weighted by Crippen LogP contribution is -2.61. The molecule has 1 aromatic rings. The van der Waals surface area contributed by atoms with E-state index < -0.39 is 0 Å². The molecule has 0 radical (unpaired) electrons. The molecule has 2 saturated heterocycles. The predicted molar refractivity (Wildman–Crippen MR) is 134 cm³/mol. The minimum atomic E-state index is -0.229. The van der Waals surface area contributed by atoms with Crippen molar-refractivity contribution in [3.63, 3.8) is 0 Å². The minimum absolute atomic E-state index is 0.0100. The number of nitrogens with one attached hydrogen (secondary N) is 2. The van der Waals surface area contributed by atoms with Crippen molar-refractivity contribution >= 4 is 35.1 Å². The summed E-state index contributed by atoms with van der Waals surface area (Å²) in [6, 6.07) is 7.14. The average Bonchev–Trinajstić information content (AvgIpc) is 2.89. The molecular formula is C25H34N4O5S. The molecule has 2 aliphatic heterocycles. The van der Waals surface area contributed by atoms with Crippen molar-refractivity contribution in [3.05, 3.63) is 35.4 Å². The van der Waals surface area contributed by atoms with Crippen LogP contribution in [0.2, 0.25) is 0 Å². The van der Waals surface area contributed by atoms with E-state index in [4.69, 9.17) is 21.7 Å². The van der Waals surface area contributed by atoms with Crippen LogP contribution in [-0.4, -0.2) is 85.2 Å². The van der Waals surface area contributed by atoms with Gasteiger partial charge in [0.15, 0.2) is 5.11 Å². The van der Waals surface area contributed by atoms with E-state index >= 15 is 0 Å². The van der Waals surface area contributed by atoms with Crippen LogP contribution in [0, 0.1) is 11.8 Å². The van der Waals surface area contributed by atoms with Gasteiger partial charge in [-0.25, -0.2) is 0 Å². The number of thiocarbonyl (C=S) groups is 1. The normalized spacial score (nSPS) is 24.9. The van der Waals surface area contributed by atoms with Gasteiger partial charge in [0.05, 0.1) is 38.7 Å². The number of rotatable bonds is 8. The molecule has 10 heteroatoms. The first-order valence-corrected chi connectivity index (χ1v) is 12.7. The fourth-order valence-electron chi connectivity index (χ4n) is 5.07. The summed E-state index contributed by atoms with van der Waals surface area (Å²) in [6.45, 7) is 5.37. The van der Waals surface area contributed by atoms with E-state index in [2.05, 4.69) is 15.5 Å². The molecule has 2 amide bonds. The van der Waals surface area contributed by atoms with E-state index in [1.807, 2.05) is 12.1 Å². The number of hydrogen-bond acceptors (Lipinski definition) is 7. The van der Waals surface area contributed by atoms with Gasteiger partial charge >= 0.3 is 5.97 Å². The first-order valence-electron chi connectivity index (χ1n) is 12.3. The third-order valence-electron chi connectivity index (χ3n) is 7.12. The van der Waals surface area contributed by atoms with E-state index in [1.165, 1.54) is 7.11 Å². The maximum Gasteiger partial charge on any atom is 0.308 e. The van der Waals surface area contributed by atoms with E-state index in [1.54, 1.807) is 17.0 Å². The minimum Gasteiger partial charge on any atom is -0.469 e. The largest absolute Gasteiger partial charge is 0.469 e. The van der Waals surface area contributed by atoms with E-state index in [-0.39, 0.29) is 35.7 Å². The molecule has 190 valence electrons. The van der Waals surface area contributed by atoms with Gasteiger partial charge in [0.1, 0.15) is 0 Å². The molecule has 3 fully saturated rings. The van der Waals surface area contributed by atoms with Crippen LogP contribution < -0.4 is 10.6 Å². The number of esters is 1. The Morgan fingerprint density at radius 1 is 1.20 bits per heavy atom. The second-order valence-corrected chi connectivity index (χ2v) is 9.77. The number of nitrogens with zero attached hydrogens (tertiary/aromatic N) is 2. The lowest BCUT2D eigenvalue weighted by molar-refractivity contribution is -0.149. The monoisotopic (exact) mass is 502 g/mol. The fourth-order valence-corrected chi connectivity index (χ4v) is 5.37. The highest BCUT2D eigenvalue weighted by molar-refractivity contribution is 7.80. The summed E-state index contributed by atoms with van der Waals surface area (Å²) in [5.74, 6) is -0.745. The average molecular weight is 503 g/mol. The SMILES string of the molecule is COC(=O)C1CCC2C(=O)N(Cc3ccc(C(=O)NCCCN4CCOCC4)cc3)C(=S)NC2C1. The number of amides is 2. The summed E-state index contributed by atoms with van der Waals surface area (Å²) in [7, 11) is 1.39. The molecule has 1 saturated carbocycles. The van der Waals surface area contributed by atoms with Gasteiger partial charge < -0.3 is 20.1 Å². The number of methoxy groups -OCH3 is 1. The van der Waals surface area contributed by atoms with Crippen LogP contribution in [0.3, 0.4) is 0 Å². The summed E-state index contributed by atoms with van der Waals surface area (Å²) >= 11 is 5.48. The Labute approximate surface area is 211 Å². The van der Waals surface area contributed by atoms with Crippen molar-refractivity contribution in [2.75, 3.05) is 46.5 Å². The lowest BCUT2D eigenvalue weighted by Gasteiger charge is -2.43. The molecule has 0 aromatic heterocycles. The van der Waals surface area contributed by atoms with Crippen molar-refractivity contribution in [1.29, 1.82) is 0 Å². The van der Waals surface area contributed by atoms with E-state index in [0.717, 1.165) is 44.8 Å². The predicted octanol–water partition coefficient (Wildman–Crippen LogP) is 1.31. The molecule has 3 aliphatic rings. The highest BCUT2D eigenvalue weighted by atomic mass is 32.1. The molecule has 9 nitrogen and oxygen atoms in total. The van der Waals surface area contributed by atoms with Crippen LogP contribution in [0.15, 0.2) is 24.3 Å². The van der Waals surface area contributed by atoms with Crippen molar-refractivity contribution < 1.29 is 23.9 Å². The smallest absolute Gasteiger partial charge is 0.308 e. The zero-order chi connectivity index (χ0) is 24.8. The quantitative estimate of drug-likeness (QED) is 0.312. The van der Waals surface area contributed by atoms with E-state index in [9.17, 15) is 14.4 Å². The molecule has 2 N–H and O–H groups in total. The Morgan fingerprint density at radius 2 is 1.94 bits per heavy atom. The second-order valence-electron chi connectivity index (χ2n) is 9.38. The molecule has 3 atom stereocenters. The topological polar surface area (TPSA) is 100 Å². The zero-order valence-corrected chi connectivity index (χ0v) is 21.0. The summed E-state index contributed by atoms with van der Waals surface area (Å²) in [6.07, 6.45) is 2.71. The summed E-state index contributed by atoms with van der Waals surface area (Å²) in [5.41, 5.74) is 1.49. The number of benzene rings is 1. The van der Waals surface area contributed by atoms with Gasteiger partial charge in [0, 0.05) is 31.2 Å². The van der Waals surface area contributed by atoms with Gasteiger partial charge in [-0.05, 0) is 62.1 Å². The Kier molecular flexibility index (Phi) is 8.69. The number of fused-ring (bicyclic) bond motifs is 1. The lowest BCUT2D eigenvalue weighted by atomic mass is 9.76. The first-order chi connectivity index (χ1) is 17.0. The molecule has 35 heavy (non-hydrogen) atoms. The summed E-state index contributed by atoms with van der Waals surface area (Å²) in [4.78, 5) is 41.5. The Morgan fingerprint density at radius 3 is 2.66 bits per heavy atom. The third kappa shape index (κ3) is 6.36. The Balaban J connectivity index is 1.26. The van der Waals surface area contributed by atoms with Crippen LogP contribution in [-0.2, 0) is 25.6 Å². The highest BCUT2D eigenvalue weighted by Gasteiger charge is 2.44. The molecule has 0 spiro atoms. The second kappa shape index (κ2) is 11.9. The fraction of sp³-hybridized carbons (Fsp3) is 0.600. The Bertz CT molecular complexity index is 934. The van der Waals surface area contributed by atoms with Crippen LogP contribution >= 0.6 is 12.2 Å². The van der Waals surface area contributed by atoms with Crippen LogP contribution in [0.4, 0.5) is 0 Å². The molecule has 1 aliphatic carbocycles. The zero-order valence-electron chi connectivity index (χ0n) is 20.2. The molecule has 4 rings (SSSR count). The summed E-state index contributed by atoms with van der Waals surface area (Å²) < 4.78 is 10.2. The summed E-state index contributed by atoms with van der Waals surface area (Å²) in [5, 5.41) is 6.62. The number of carbonyl (C=O) groups is 3. The van der Waals surface area contributed by atoms with Crippen LogP contribution in [0.25, 0.3) is 0 Å². The molecular weight excluding hydrogens is 468 g/mol. The van der Waals surface area contributed by atoms with Gasteiger partial charge in [-0.3, -0.25) is 24.2 Å². The maximum absolute atomic E-state index is 13.2. The van der Waals surface area contributed by atoms with Crippen LogP contribution in [0.5, 0.6) is 0 Å². The molecule has 2 heterocycles. The van der Waals surface area contributed by atoms with Gasteiger partial charge in [-0.15, -0.1) is 0 Å². The maximum atomic E-state index is 13.2. The third-order valence-corrected chi connectivity index (χ3v) is 7.46.